The molecular weight excluding hydrogens is 288 g/mol. The van der Waals surface area contributed by atoms with Gasteiger partial charge in [0.05, 0.1) is 0 Å². The molecule has 0 unspecified atom stereocenters. The zero-order valence-corrected chi connectivity index (χ0v) is 13.6. The highest BCUT2D eigenvalue weighted by Gasteiger charge is 2.33. The Labute approximate surface area is 131 Å². The molecule has 1 aliphatic rings. The fourth-order valence-corrected chi connectivity index (χ4v) is 2.28. The highest BCUT2D eigenvalue weighted by molar-refractivity contribution is 6.30. The van der Waals surface area contributed by atoms with E-state index in [0.29, 0.717) is 6.04 Å². The molecule has 0 spiro atoms. The van der Waals surface area contributed by atoms with E-state index in [4.69, 9.17) is 16.3 Å². The molecule has 1 aromatic carbocycles. The van der Waals surface area contributed by atoms with Gasteiger partial charge in [-0.3, -0.25) is 0 Å². The van der Waals surface area contributed by atoms with Crippen molar-refractivity contribution in [1.29, 1.82) is 0 Å². The predicted molar refractivity (Wildman–Crippen MR) is 84.8 cm³/mol. The first kappa shape index (κ1) is 16.1. The number of benzene rings is 1. The Morgan fingerprint density at radius 3 is 2.52 bits per heavy atom. The van der Waals surface area contributed by atoms with Crippen LogP contribution in [0.3, 0.4) is 0 Å². The number of ether oxygens (including phenoxy) is 1. The number of hydrogen-bond acceptors (Lipinski definition) is 3. The van der Waals surface area contributed by atoms with E-state index in [1.807, 2.05) is 45.0 Å². The second-order valence-electron chi connectivity index (χ2n) is 6.41. The molecule has 0 bridgehead atoms. The first-order chi connectivity index (χ1) is 9.83. The second-order valence-corrected chi connectivity index (χ2v) is 6.85. The Bertz CT molecular complexity index is 476. The van der Waals surface area contributed by atoms with Crippen LogP contribution in [0.2, 0.25) is 5.02 Å². The minimum Gasteiger partial charge on any atom is -0.444 e. The van der Waals surface area contributed by atoms with Gasteiger partial charge in [-0.1, -0.05) is 23.7 Å². The molecule has 4 nitrogen and oxygen atoms in total. The van der Waals surface area contributed by atoms with E-state index < -0.39 is 5.60 Å². The zero-order chi connectivity index (χ0) is 15.5. The minimum atomic E-state index is -0.426. The third kappa shape index (κ3) is 5.21. The highest BCUT2D eigenvalue weighted by Crippen LogP contribution is 2.15. The molecule has 1 fully saturated rings. The maximum Gasteiger partial charge on any atom is 0.410 e. The van der Waals surface area contributed by atoms with Gasteiger partial charge in [0.1, 0.15) is 5.60 Å². The lowest BCUT2D eigenvalue weighted by molar-refractivity contribution is 0.00542. The van der Waals surface area contributed by atoms with Crippen LogP contribution in [0.1, 0.15) is 26.3 Å². The van der Waals surface area contributed by atoms with Crippen molar-refractivity contribution in [3.05, 3.63) is 34.9 Å². The Morgan fingerprint density at radius 1 is 1.33 bits per heavy atom. The van der Waals surface area contributed by atoms with Crippen LogP contribution in [0.15, 0.2) is 24.3 Å². The first-order valence-corrected chi connectivity index (χ1v) is 7.67. The van der Waals surface area contributed by atoms with Gasteiger partial charge < -0.3 is 15.0 Å². The summed E-state index contributed by atoms with van der Waals surface area (Å²) in [7, 11) is 0. The number of carbonyl (C=O) groups excluding carboxylic acids is 1. The smallest absolute Gasteiger partial charge is 0.410 e. The number of halogens is 1. The number of nitrogens with one attached hydrogen (secondary N) is 1. The average Bonchev–Trinajstić information content (AvgIpc) is 2.32. The minimum absolute atomic E-state index is 0.224. The molecule has 21 heavy (non-hydrogen) atoms. The van der Waals surface area contributed by atoms with E-state index in [0.717, 1.165) is 31.1 Å². The van der Waals surface area contributed by atoms with Gasteiger partial charge >= 0.3 is 6.09 Å². The van der Waals surface area contributed by atoms with Gasteiger partial charge in [-0.2, -0.15) is 0 Å². The quantitative estimate of drug-likeness (QED) is 0.929. The Kier molecular flexibility index (Phi) is 5.12. The van der Waals surface area contributed by atoms with Crippen LogP contribution >= 0.6 is 11.6 Å². The fraction of sp³-hybridized carbons (Fsp3) is 0.562. The van der Waals surface area contributed by atoms with Gasteiger partial charge in [0.25, 0.3) is 0 Å². The SMILES string of the molecule is CC(C)(C)OC(=O)N1CC(NCCc2ccc(Cl)cc2)C1. The molecule has 1 aromatic rings. The lowest BCUT2D eigenvalue weighted by Gasteiger charge is -2.40. The summed E-state index contributed by atoms with van der Waals surface area (Å²) in [5.74, 6) is 0. The molecule has 0 aromatic heterocycles. The first-order valence-electron chi connectivity index (χ1n) is 7.29. The Morgan fingerprint density at radius 2 is 1.95 bits per heavy atom. The summed E-state index contributed by atoms with van der Waals surface area (Å²) in [6, 6.07) is 8.26. The lowest BCUT2D eigenvalue weighted by atomic mass is 10.1. The van der Waals surface area contributed by atoms with Gasteiger partial charge in [-0.25, -0.2) is 4.79 Å². The third-order valence-corrected chi connectivity index (χ3v) is 3.55. The summed E-state index contributed by atoms with van der Waals surface area (Å²) < 4.78 is 5.32. The normalized spacial score (nSPS) is 15.7. The van der Waals surface area contributed by atoms with E-state index >= 15 is 0 Å². The van der Waals surface area contributed by atoms with Gasteiger partial charge in [0.15, 0.2) is 0 Å². The number of hydrogen-bond donors (Lipinski definition) is 1. The molecule has 116 valence electrons. The van der Waals surface area contributed by atoms with Crippen LogP contribution in [0.4, 0.5) is 4.79 Å². The standard InChI is InChI=1S/C16H23ClN2O2/c1-16(2,3)21-15(20)19-10-14(11-19)18-9-8-12-4-6-13(17)7-5-12/h4-7,14,18H,8-11H2,1-3H3. The second kappa shape index (κ2) is 6.67. The van der Waals surface area contributed by atoms with Crippen molar-refractivity contribution in [3.63, 3.8) is 0 Å². The summed E-state index contributed by atoms with van der Waals surface area (Å²) in [4.78, 5) is 13.5. The summed E-state index contributed by atoms with van der Waals surface area (Å²) in [6.45, 7) is 7.98. The molecule has 1 aliphatic heterocycles. The van der Waals surface area contributed by atoms with Crippen molar-refractivity contribution in [2.75, 3.05) is 19.6 Å². The summed E-state index contributed by atoms with van der Waals surface area (Å²) in [6.07, 6.45) is 0.735. The van der Waals surface area contributed by atoms with Crippen molar-refractivity contribution in [2.24, 2.45) is 0 Å². The lowest BCUT2D eigenvalue weighted by Crippen LogP contribution is -2.60. The van der Waals surface area contributed by atoms with E-state index in [9.17, 15) is 4.79 Å². The zero-order valence-electron chi connectivity index (χ0n) is 12.9. The molecule has 0 aliphatic carbocycles. The van der Waals surface area contributed by atoms with Crippen molar-refractivity contribution in [3.8, 4) is 0 Å². The number of amides is 1. The number of rotatable bonds is 4. The van der Waals surface area contributed by atoms with E-state index in [2.05, 4.69) is 5.32 Å². The molecule has 1 amide bonds. The topological polar surface area (TPSA) is 41.6 Å². The molecule has 5 heteroatoms. The molecule has 0 saturated carbocycles. The largest absolute Gasteiger partial charge is 0.444 e. The van der Waals surface area contributed by atoms with Gasteiger partial charge in [-0.05, 0) is 51.4 Å². The Balaban J connectivity index is 1.62. The molecular formula is C16H23ClN2O2. The monoisotopic (exact) mass is 310 g/mol. The molecule has 0 radical (unpaired) electrons. The molecule has 2 rings (SSSR count). The number of carbonyl (C=O) groups is 1. The molecule has 1 N–H and O–H groups in total. The van der Waals surface area contributed by atoms with E-state index in [1.165, 1.54) is 5.56 Å². The average molecular weight is 311 g/mol. The Hall–Kier alpha value is -1.26. The predicted octanol–water partition coefficient (Wildman–Crippen LogP) is 3.09. The van der Waals surface area contributed by atoms with Crippen LogP contribution in [-0.4, -0.2) is 42.3 Å². The van der Waals surface area contributed by atoms with E-state index in [1.54, 1.807) is 4.90 Å². The fourth-order valence-electron chi connectivity index (χ4n) is 2.15. The highest BCUT2D eigenvalue weighted by atomic mass is 35.5. The van der Waals surface area contributed by atoms with Gasteiger partial charge in [0, 0.05) is 24.2 Å². The molecule has 1 heterocycles. The van der Waals surface area contributed by atoms with Crippen LogP contribution in [-0.2, 0) is 11.2 Å². The van der Waals surface area contributed by atoms with Gasteiger partial charge in [-0.15, -0.1) is 0 Å². The summed E-state index contributed by atoms with van der Waals surface area (Å²) >= 11 is 5.85. The van der Waals surface area contributed by atoms with Crippen LogP contribution in [0.25, 0.3) is 0 Å². The molecule has 1 saturated heterocycles. The van der Waals surface area contributed by atoms with Crippen LogP contribution in [0, 0.1) is 0 Å². The van der Waals surface area contributed by atoms with Crippen LogP contribution in [0.5, 0.6) is 0 Å². The van der Waals surface area contributed by atoms with Crippen molar-refractivity contribution in [1.82, 2.24) is 10.2 Å². The van der Waals surface area contributed by atoms with Crippen LogP contribution < -0.4 is 5.32 Å². The van der Waals surface area contributed by atoms with Crippen molar-refractivity contribution in [2.45, 2.75) is 38.8 Å². The number of nitrogens with zero attached hydrogens (tertiary/aromatic N) is 1. The summed E-state index contributed by atoms with van der Waals surface area (Å²) in [5.41, 5.74) is 0.833. The van der Waals surface area contributed by atoms with Crippen molar-refractivity contribution < 1.29 is 9.53 Å². The summed E-state index contributed by atoms with van der Waals surface area (Å²) in [5, 5.41) is 4.21. The van der Waals surface area contributed by atoms with E-state index in [-0.39, 0.29) is 6.09 Å². The number of likely N-dealkylation sites (tertiary alicyclic amines) is 1. The molecule has 0 atom stereocenters. The maximum atomic E-state index is 11.8. The van der Waals surface area contributed by atoms with Gasteiger partial charge in [0.2, 0.25) is 0 Å². The van der Waals surface area contributed by atoms with Crippen molar-refractivity contribution >= 4 is 17.7 Å². The third-order valence-electron chi connectivity index (χ3n) is 3.29. The maximum absolute atomic E-state index is 11.8.